The van der Waals surface area contributed by atoms with Gasteiger partial charge >= 0.3 is 0 Å². The largest absolute Gasteiger partial charge is 0.493 e. The Hall–Kier alpha value is -4.52. The molecule has 7 heteroatoms. The Morgan fingerprint density at radius 1 is 0.846 bits per heavy atom. The zero-order valence-corrected chi connectivity index (χ0v) is 22.7. The normalized spacial score (nSPS) is 11.3. The summed E-state index contributed by atoms with van der Waals surface area (Å²) in [5.74, 6) is 1.73. The van der Waals surface area contributed by atoms with Crippen LogP contribution < -0.4 is 19.5 Å². The molecular weight excluding hydrogens is 494 g/mol. The van der Waals surface area contributed by atoms with Crippen molar-refractivity contribution >= 4 is 28.2 Å². The van der Waals surface area contributed by atoms with Gasteiger partial charge in [-0.1, -0.05) is 42.5 Å². The molecule has 4 aromatic rings. The van der Waals surface area contributed by atoms with E-state index in [1.807, 2.05) is 55.5 Å². The first-order chi connectivity index (χ1) is 18.9. The zero-order valence-electron chi connectivity index (χ0n) is 22.7. The first-order valence-electron chi connectivity index (χ1n) is 12.8. The van der Waals surface area contributed by atoms with Crippen LogP contribution in [0.3, 0.4) is 0 Å². The van der Waals surface area contributed by atoms with Gasteiger partial charge in [0.25, 0.3) is 0 Å². The Bertz CT molecular complexity index is 1490. The quantitative estimate of drug-likeness (QED) is 0.179. The van der Waals surface area contributed by atoms with E-state index in [0.29, 0.717) is 42.4 Å². The number of ether oxygens (including phenoxy) is 3. The maximum Gasteiger partial charge on any atom is 0.244 e. The summed E-state index contributed by atoms with van der Waals surface area (Å²) in [7, 11) is 3.19. The number of methoxy groups -OCH3 is 2. The van der Waals surface area contributed by atoms with Gasteiger partial charge in [-0.15, -0.1) is 0 Å². The molecule has 1 amide bonds. The highest BCUT2D eigenvalue weighted by Crippen LogP contribution is 2.35. The molecule has 0 aliphatic rings. The molecule has 1 heterocycles. The van der Waals surface area contributed by atoms with E-state index in [-0.39, 0.29) is 17.5 Å². The fourth-order valence-corrected chi connectivity index (χ4v) is 4.34. The number of nitrogens with one attached hydrogen (secondary N) is 1. The van der Waals surface area contributed by atoms with Gasteiger partial charge in [0.05, 0.1) is 20.8 Å². The molecule has 0 spiro atoms. The lowest BCUT2D eigenvalue weighted by molar-refractivity contribution is -0.116. The molecule has 0 aliphatic heterocycles. The Balaban J connectivity index is 1.46. The molecule has 1 aromatic heterocycles. The topological polar surface area (TPSA) is 87.0 Å². The van der Waals surface area contributed by atoms with Gasteiger partial charge in [-0.05, 0) is 59.9 Å². The molecule has 39 heavy (non-hydrogen) atoms. The maximum atomic E-state index is 12.7. The number of carbonyl (C=O) groups is 2. The van der Waals surface area contributed by atoms with Crippen molar-refractivity contribution in [2.24, 2.45) is 0 Å². The van der Waals surface area contributed by atoms with E-state index < -0.39 is 0 Å². The van der Waals surface area contributed by atoms with Crippen molar-refractivity contribution in [3.05, 3.63) is 95.3 Å². The fraction of sp³-hybridized carbons (Fsp3) is 0.250. The molecule has 0 fully saturated rings. The minimum Gasteiger partial charge on any atom is -0.493 e. The molecule has 0 atom stereocenters. The summed E-state index contributed by atoms with van der Waals surface area (Å²) in [4.78, 5) is 24.8. The van der Waals surface area contributed by atoms with Crippen LogP contribution >= 0.6 is 0 Å². The number of benzene rings is 3. The molecule has 0 saturated carbocycles. The average Bonchev–Trinajstić information content (AvgIpc) is 3.40. The zero-order chi connectivity index (χ0) is 27.8. The summed E-state index contributed by atoms with van der Waals surface area (Å²) in [6.07, 6.45) is 2.94. The number of fused-ring (bicyclic) bond motifs is 1. The molecule has 7 nitrogen and oxygen atoms in total. The van der Waals surface area contributed by atoms with Crippen LogP contribution in [0, 0.1) is 0 Å². The Kier molecular flexibility index (Phi) is 9.05. The van der Waals surface area contributed by atoms with Crippen LogP contribution in [0.15, 0.2) is 77.2 Å². The summed E-state index contributed by atoms with van der Waals surface area (Å²) in [6.45, 7) is 4.24. The van der Waals surface area contributed by atoms with Gasteiger partial charge in [0.2, 0.25) is 5.91 Å². The van der Waals surface area contributed by atoms with Crippen LogP contribution in [0.5, 0.6) is 17.2 Å². The van der Waals surface area contributed by atoms with Gasteiger partial charge < -0.3 is 23.9 Å². The molecule has 1 N–H and O–H groups in total. The summed E-state index contributed by atoms with van der Waals surface area (Å²) < 4.78 is 22.5. The minimum absolute atomic E-state index is 0.179. The molecule has 0 radical (unpaired) electrons. The minimum atomic E-state index is -0.209. The Morgan fingerprint density at radius 2 is 1.59 bits per heavy atom. The predicted octanol–water partition coefficient (Wildman–Crippen LogP) is 6.04. The number of carbonyl (C=O) groups excluding carboxylic acids is 2. The van der Waals surface area contributed by atoms with Crippen molar-refractivity contribution in [2.45, 2.75) is 26.7 Å². The molecule has 0 unspecified atom stereocenters. The molecule has 3 aromatic carbocycles. The van der Waals surface area contributed by atoms with Crippen molar-refractivity contribution in [3.63, 3.8) is 0 Å². The first-order valence-corrected chi connectivity index (χ1v) is 12.8. The molecule has 0 saturated heterocycles. The van der Waals surface area contributed by atoms with Crippen molar-refractivity contribution in [1.82, 2.24) is 5.32 Å². The van der Waals surface area contributed by atoms with E-state index in [1.165, 1.54) is 12.5 Å². The SMILES string of the molecule is COc1ccc(CCNC(=O)/C=C(\C)c2ccc(OCCc3ccccc3)c3oc(C(C)=O)cc23)cc1OC. The summed E-state index contributed by atoms with van der Waals surface area (Å²) >= 11 is 0. The van der Waals surface area contributed by atoms with Crippen molar-refractivity contribution < 1.29 is 28.2 Å². The third-order valence-electron chi connectivity index (χ3n) is 6.42. The molecule has 202 valence electrons. The second kappa shape index (κ2) is 12.8. The predicted molar refractivity (Wildman–Crippen MR) is 152 cm³/mol. The fourth-order valence-electron chi connectivity index (χ4n) is 4.34. The number of Topliss-reactive ketones (excluding diaryl/α,β-unsaturated/α-hetero) is 1. The molecule has 0 bridgehead atoms. The lowest BCUT2D eigenvalue weighted by atomic mass is 10.0. The van der Waals surface area contributed by atoms with Crippen molar-refractivity contribution in [3.8, 4) is 17.2 Å². The van der Waals surface area contributed by atoms with E-state index in [4.69, 9.17) is 18.6 Å². The van der Waals surface area contributed by atoms with Gasteiger partial charge in [-0.3, -0.25) is 9.59 Å². The Labute approximate surface area is 228 Å². The molecule has 0 aliphatic carbocycles. The number of amides is 1. The van der Waals surface area contributed by atoms with Gasteiger partial charge in [0, 0.05) is 31.4 Å². The summed E-state index contributed by atoms with van der Waals surface area (Å²) in [5.41, 5.74) is 4.23. The van der Waals surface area contributed by atoms with E-state index in [9.17, 15) is 9.59 Å². The van der Waals surface area contributed by atoms with Gasteiger partial charge in [-0.2, -0.15) is 0 Å². The standard InChI is InChI=1S/C32H33NO6/c1-21(18-31(35)33-16-14-24-10-12-27(36-3)30(19-24)37-4)25-11-13-28(32-26(25)20-29(39-32)22(2)34)38-17-15-23-8-6-5-7-9-23/h5-13,18-20H,14-17H2,1-4H3,(H,33,35)/b21-18+. The smallest absolute Gasteiger partial charge is 0.244 e. The van der Waals surface area contributed by atoms with Crippen LogP contribution in [0.4, 0.5) is 0 Å². The third-order valence-corrected chi connectivity index (χ3v) is 6.42. The number of rotatable bonds is 12. The van der Waals surface area contributed by atoms with Crippen molar-refractivity contribution in [2.75, 3.05) is 27.4 Å². The highest BCUT2D eigenvalue weighted by molar-refractivity contribution is 6.03. The summed E-state index contributed by atoms with van der Waals surface area (Å²) in [6, 6.07) is 21.2. The van der Waals surface area contributed by atoms with Gasteiger partial charge in [0.1, 0.15) is 0 Å². The number of hydrogen-bond acceptors (Lipinski definition) is 6. The van der Waals surface area contributed by atoms with Gasteiger partial charge in [0.15, 0.2) is 34.4 Å². The van der Waals surface area contributed by atoms with E-state index in [2.05, 4.69) is 17.4 Å². The number of furan rings is 1. The molecule has 4 rings (SSSR count). The van der Waals surface area contributed by atoms with Crippen molar-refractivity contribution in [1.29, 1.82) is 0 Å². The van der Waals surface area contributed by atoms with Crippen LogP contribution in [0.25, 0.3) is 16.5 Å². The second-order valence-corrected chi connectivity index (χ2v) is 9.16. The first kappa shape index (κ1) is 27.5. The number of hydrogen-bond donors (Lipinski definition) is 1. The van der Waals surface area contributed by atoms with E-state index in [0.717, 1.165) is 28.5 Å². The van der Waals surface area contributed by atoms with Crippen LogP contribution in [-0.4, -0.2) is 39.1 Å². The second-order valence-electron chi connectivity index (χ2n) is 9.16. The van der Waals surface area contributed by atoms with E-state index >= 15 is 0 Å². The Morgan fingerprint density at radius 3 is 2.31 bits per heavy atom. The highest BCUT2D eigenvalue weighted by atomic mass is 16.5. The molecular formula is C32H33NO6. The van der Waals surface area contributed by atoms with Crippen LogP contribution in [-0.2, 0) is 17.6 Å². The third kappa shape index (κ3) is 6.87. The monoisotopic (exact) mass is 527 g/mol. The van der Waals surface area contributed by atoms with Crippen LogP contribution in [0.1, 0.15) is 41.1 Å². The highest BCUT2D eigenvalue weighted by Gasteiger charge is 2.17. The lowest BCUT2D eigenvalue weighted by Gasteiger charge is -2.11. The lowest BCUT2D eigenvalue weighted by Crippen LogP contribution is -2.23. The maximum absolute atomic E-state index is 12.7. The average molecular weight is 528 g/mol. The number of allylic oxidation sites excluding steroid dienone is 1. The van der Waals surface area contributed by atoms with Gasteiger partial charge in [-0.25, -0.2) is 0 Å². The van der Waals surface area contributed by atoms with E-state index in [1.54, 1.807) is 26.4 Å². The number of ketones is 1. The van der Waals surface area contributed by atoms with Crippen LogP contribution in [0.2, 0.25) is 0 Å². The summed E-state index contributed by atoms with van der Waals surface area (Å²) in [5, 5.41) is 3.66.